The highest BCUT2D eigenvalue weighted by atomic mass is 35.7. The molecular weight excluding hydrogens is 270 g/mol. The SMILES string of the molecule is ClSC(Cl)(Cl)Cc1ccccc1Cl. The third-order valence-corrected chi connectivity index (χ3v) is 4.20. The minimum absolute atomic E-state index is 0.421. The zero-order valence-electron chi connectivity index (χ0n) is 6.44. The molecule has 0 aliphatic heterocycles. The monoisotopic (exact) mass is 274 g/mol. The molecule has 0 spiro atoms. The molecule has 0 amide bonds. The molecule has 0 N–H and O–H groups in total. The van der Waals surface area contributed by atoms with Crippen LogP contribution in [0.2, 0.25) is 5.02 Å². The first-order valence-corrected chi connectivity index (χ1v) is 6.24. The van der Waals surface area contributed by atoms with Crippen molar-refractivity contribution in [1.29, 1.82) is 0 Å². The Balaban J connectivity index is 2.80. The summed E-state index contributed by atoms with van der Waals surface area (Å²) in [7, 11) is 6.38. The van der Waals surface area contributed by atoms with Crippen LogP contribution in [0.15, 0.2) is 24.3 Å². The largest absolute Gasteiger partial charge is 0.181 e. The van der Waals surface area contributed by atoms with Gasteiger partial charge < -0.3 is 0 Å². The predicted octanol–water partition coefficient (Wildman–Crippen LogP) is 4.90. The maximum Gasteiger partial charge on any atom is 0.181 e. The second-order valence-corrected chi connectivity index (χ2v) is 6.14. The first-order valence-electron chi connectivity index (χ1n) is 3.46. The molecule has 0 aliphatic carbocycles. The van der Waals surface area contributed by atoms with Crippen molar-refractivity contribution in [2.45, 2.75) is 10.1 Å². The Morgan fingerprint density at radius 1 is 1.23 bits per heavy atom. The Morgan fingerprint density at radius 2 is 1.85 bits per heavy atom. The highest BCUT2D eigenvalue weighted by Crippen LogP contribution is 2.41. The third kappa shape index (κ3) is 3.77. The van der Waals surface area contributed by atoms with Crippen LogP contribution in [0.3, 0.4) is 0 Å². The van der Waals surface area contributed by atoms with Crippen molar-refractivity contribution in [2.24, 2.45) is 0 Å². The van der Waals surface area contributed by atoms with Gasteiger partial charge in [-0.15, -0.1) is 0 Å². The van der Waals surface area contributed by atoms with E-state index in [0.717, 1.165) is 16.5 Å². The number of halogens is 4. The zero-order chi connectivity index (χ0) is 9.90. The third-order valence-electron chi connectivity index (χ3n) is 1.47. The summed E-state index contributed by atoms with van der Waals surface area (Å²) in [5, 5.41) is 0.652. The van der Waals surface area contributed by atoms with Crippen molar-refractivity contribution < 1.29 is 0 Å². The van der Waals surface area contributed by atoms with Crippen LogP contribution in [0.5, 0.6) is 0 Å². The molecule has 0 heterocycles. The average molecular weight is 276 g/mol. The first kappa shape index (κ1) is 11.8. The second-order valence-electron chi connectivity index (χ2n) is 2.48. The predicted molar refractivity (Wildman–Crippen MR) is 63.0 cm³/mol. The molecule has 13 heavy (non-hydrogen) atoms. The summed E-state index contributed by atoms with van der Waals surface area (Å²) < 4.78 is -1.02. The lowest BCUT2D eigenvalue weighted by Gasteiger charge is -2.15. The molecule has 0 aromatic heterocycles. The molecule has 0 nitrogen and oxygen atoms in total. The fraction of sp³-hybridized carbons (Fsp3) is 0.250. The van der Waals surface area contributed by atoms with Crippen molar-refractivity contribution in [1.82, 2.24) is 0 Å². The summed E-state index contributed by atoms with van der Waals surface area (Å²) in [4.78, 5) is 0. The fourth-order valence-corrected chi connectivity index (χ4v) is 1.75. The minimum atomic E-state index is -1.02. The fourth-order valence-electron chi connectivity index (χ4n) is 0.891. The molecule has 1 rings (SSSR count). The van der Waals surface area contributed by atoms with Gasteiger partial charge in [-0.2, -0.15) is 0 Å². The number of benzene rings is 1. The lowest BCUT2D eigenvalue weighted by molar-refractivity contribution is 1.04. The standard InChI is InChI=1S/C8H6Cl4S/c9-7-4-2-1-3-6(7)5-8(10,11)13-12/h1-4H,5H2. The number of alkyl halides is 2. The van der Waals surface area contributed by atoms with Crippen LogP contribution >= 0.6 is 56.5 Å². The smallest absolute Gasteiger partial charge is 0.0878 e. The molecule has 0 atom stereocenters. The molecule has 0 saturated heterocycles. The summed E-state index contributed by atoms with van der Waals surface area (Å²) >= 11 is 17.6. The minimum Gasteiger partial charge on any atom is -0.0878 e. The molecule has 0 saturated carbocycles. The van der Waals surface area contributed by atoms with E-state index in [2.05, 4.69) is 0 Å². The number of rotatable bonds is 3. The van der Waals surface area contributed by atoms with Crippen LogP contribution in [0.4, 0.5) is 0 Å². The van der Waals surface area contributed by atoms with Crippen molar-refractivity contribution in [3.05, 3.63) is 34.9 Å². The zero-order valence-corrected chi connectivity index (χ0v) is 10.3. The van der Waals surface area contributed by atoms with Crippen molar-refractivity contribution in [2.75, 3.05) is 0 Å². The van der Waals surface area contributed by atoms with Gasteiger partial charge in [0.2, 0.25) is 0 Å². The molecular formula is C8H6Cl4S. The number of hydrogen-bond donors (Lipinski definition) is 0. The Bertz CT molecular complexity index is 287. The molecule has 0 aliphatic rings. The normalized spacial score (nSPS) is 11.7. The Labute approximate surface area is 101 Å². The molecule has 0 bridgehead atoms. The van der Waals surface area contributed by atoms with Crippen LogP contribution in [-0.4, -0.2) is 3.67 Å². The molecule has 72 valence electrons. The maximum absolute atomic E-state index is 5.92. The lowest BCUT2D eigenvalue weighted by Crippen LogP contribution is -2.09. The average Bonchev–Trinajstić information content (AvgIpc) is 2.09. The van der Waals surface area contributed by atoms with Gasteiger partial charge in [-0.05, 0) is 33.3 Å². The van der Waals surface area contributed by atoms with Crippen LogP contribution in [-0.2, 0) is 6.42 Å². The van der Waals surface area contributed by atoms with Crippen LogP contribution in [0.25, 0.3) is 0 Å². The van der Waals surface area contributed by atoms with Gasteiger partial charge in [0.05, 0.1) is 0 Å². The van der Waals surface area contributed by atoms with Gasteiger partial charge in [0.25, 0.3) is 0 Å². The van der Waals surface area contributed by atoms with Gasteiger partial charge in [-0.1, -0.05) is 53.0 Å². The van der Waals surface area contributed by atoms with E-state index < -0.39 is 3.67 Å². The van der Waals surface area contributed by atoms with Crippen LogP contribution in [0, 0.1) is 0 Å². The van der Waals surface area contributed by atoms with Gasteiger partial charge in [-0.3, -0.25) is 0 Å². The van der Waals surface area contributed by atoms with E-state index in [4.69, 9.17) is 45.5 Å². The summed E-state index contributed by atoms with van der Waals surface area (Å²) in [6.07, 6.45) is 0.421. The molecule has 1 aromatic carbocycles. The highest BCUT2D eigenvalue weighted by molar-refractivity contribution is 8.23. The van der Waals surface area contributed by atoms with Gasteiger partial charge in [-0.25, -0.2) is 0 Å². The van der Waals surface area contributed by atoms with Crippen LogP contribution < -0.4 is 0 Å². The van der Waals surface area contributed by atoms with E-state index in [1.165, 1.54) is 0 Å². The summed E-state index contributed by atoms with van der Waals surface area (Å²) in [6, 6.07) is 7.39. The van der Waals surface area contributed by atoms with E-state index in [1.807, 2.05) is 18.2 Å². The molecule has 0 fully saturated rings. The van der Waals surface area contributed by atoms with E-state index in [-0.39, 0.29) is 0 Å². The first-order chi connectivity index (χ1) is 6.05. The van der Waals surface area contributed by atoms with Gasteiger partial charge in [0.15, 0.2) is 3.67 Å². The van der Waals surface area contributed by atoms with Gasteiger partial charge in [0, 0.05) is 11.4 Å². The topological polar surface area (TPSA) is 0 Å². The summed E-state index contributed by atoms with van der Waals surface area (Å²) in [5.74, 6) is 0. The molecule has 5 heteroatoms. The maximum atomic E-state index is 5.92. The summed E-state index contributed by atoms with van der Waals surface area (Å²) in [5.41, 5.74) is 0.891. The quantitative estimate of drug-likeness (QED) is 0.707. The second kappa shape index (κ2) is 4.99. The van der Waals surface area contributed by atoms with Crippen molar-refractivity contribution >= 4 is 56.5 Å². The van der Waals surface area contributed by atoms with Crippen molar-refractivity contribution in [3.63, 3.8) is 0 Å². The molecule has 0 radical (unpaired) electrons. The van der Waals surface area contributed by atoms with Crippen molar-refractivity contribution in [3.8, 4) is 0 Å². The molecule has 0 unspecified atom stereocenters. The Kier molecular flexibility index (Phi) is 4.53. The van der Waals surface area contributed by atoms with E-state index >= 15 is 0 Å². The Hall–Kier alpha value is 0.730. The van der Waals surface area contributed by atoms with Gasteiger partial charge in [0.1, 0.15) is 0 Å². The van der Waals surface area contributed by atoms with E-state index in [0.29, 0.717) is 11.4 Å². The van der Waals surface area contributed by atoms with E-state index in [1.54, 1.807) is 6.07 Å². The van der Waals surface area contributed by atoms with Gasteiger partial charge >= 0.3 is 0 Å². The highest BCUT2D eigenvalue weighted by Gasteiger charge is 2.25. The molecule has 1 aromatic rings. The lowest BCUT2D eigenvalue weighted by atomic mass is 10.2. The summed E-state index contributed by atoms with van der Waals surface area (Å²) in [6.45, 7) is 0. The Morgan fingerprint density at radius 3 is 2.38 bits per heavy atom. The number of hydrogen-bond acceptors (Lipinski definition) is 1. The van der Waals surface area contributed by atoms with Crippen LogP contribution in [0.1, 0.15) is 5.56 Å². The van der Waals surface area contributed by atoms with E-state index in [9.17, 15) is 0 Å².